The van der Waals surface area contributed by atoms with Gasteiger partial charge in [-0.05, 0) is 33.5 Å². The van der Waals surface area contributed by atoms with Gasteiger partial charge in [0.1, 0.15) is 5.01 Å². The van der Waals surface area contributed by atoms with Crippen LogP contribution in [0.25, 0.3) is 0 Å². The molecule has 1 N–H and O–H groups in total. The van der Waals surface area contributed by atoms with Gasteiger partial charge >= 0.3 is 0 Å². The molecule has 0 spiro atoms. The van der Waals surface area contributed by atoms with Crippen molar-refractivity contribution in [1.29, 1.82) is 0 Å². The molecule has 0 aromatic carbocycles. The molecule has 2 amide bonds. The number of hydrogen-bond donors (Lipinski definition) is 1. The molecule has 2 rings (SSSR count). The van der Waals surface area contributed by atoms with Crippen LogP contribution in [-0.4, -0.2) is 65.5 Å². The second-order valence-corrected chi connectivity index (χ2v) is 6.80. The minimum Gasteiger partial charge on any atom is -0.342 e. The summed E-state index contributed by atoms with van der Waals surface area (Å²) < 4.78 is 0. The number of anilines is 1. The summed E-state index contributed by atoms with van der Waals surface area (Å²) in [5.74, 6) is -0.367. The fraction of sp³-hybridized carbons (Fsp3) is 0.714. The molecule has 1 aromatic rings. The Morgan fingerprint density at radius 1 is 1.45 bits per heavy atom. The lowest BCUT2D eigenvalue weighted by Gasteiger charge is -2.17. The number of amides is 2. The average molecular weight is 325 g/mol. The molecule has 0 radical (unpaired) electrons. The largest absolute Gasteiger partial charge is 0.342 e. The number of nitrogens with zero attached hydrogens (tertiary/aromatic N) is 4. The molecule has 7 nitrogen and oxygen atoms in total. The fourth-order valence-electron chi connectivity index (χ4n) is 2.40. The average Bonchev–Trinajstić information content (AvgIpc) is 3.06. The Morgan fingerprint density at radius 3 is 2.86 bits per heavy atom. The van der Waals surface area contributed by atoms with Crippen molar-refractivity contribution < 1.29 is 9.59 Å². The number of hydrogen-bond acceptors (Lipinski definition) is 6. The molecule has 2 heterocycles. The Bertz CT molecular complexity index is 531. The number of nitrogens with one attached hydrogen (secondary N) is 1. The van der Waals surface area contributed by atoms with Crippen molar-refractivity contribution in [3.05, 3.63) is 5.01 Å². The fourth-order valence-corrected chi connectivity index (χ4v) is 3.08. The first-order valence-electron chi connectivity index (χ1n) is 7.55. The lowest BCUT2D eigenvalue weighted by Crippen LogP contribution is -2.30. The summed E-state index contributed by atoms with van der Waals surface area (Å²) in [6.45, 7) is 4.13. The standard InChI is InChI=1S/C14H23N5O2S/c1-4-11-16-17-14(22-11)15-13(21)10-8-12(20)19(9-10)7-5-6-18(2)3/h10H,4-9H2,1-3H3,(H,15,17,21). The maximum absolute atomic E-state index is 12.2. The Hall–Kier alpha value is -1.54. The Balaban J connectivity index is 1.82. The van der Waals surface area contributed by atoms with Crippen LogP contribution < -0.4 is 5.32 Å². The summed E-state index contributed by atoms with van der Waals surface area (Å²) in [6, 6.07) is 0. The van der Waals surface area contributed by atoms with E-state index in [1.165, 1.54) is 11.3 Å². The summed E-state index contributed by atoms with van der Waals surface area (Å²) in [6.07, 6.45) is 2.01. The van der Waals surface area contributed by atoms with Gasteiger partial charge in [0.25, 0.3) is 0 Å². The lowest BCUT2D eigenvalue weighted by molar-refractivity contribution is -0.128. The summed E-state index contributed by atoms with van der Waals surface area (Å²) in [4.78, 5) is 28.1. The lowest BCUT2D eigenvalue weighted by atomic mass is 10.1. The van der Waals surface area contributed by atoms with E-state index < -0.39 is 0 Å². The molecule has 122 valence electrons. The second-order valence-electron chi connectivity index (χ2n) is 5.74. The van der Waals surface area contributed by atoms with Gasteiger partial charge in [-0.25, -0.2) is 0 Å². The van der Waals surface area contributed by atoms with Gasteiger partial charge < -0.3 is 15.1 Å². The van der Waals surface area contributed by atoms with Crippen LogP contribution in [-0.2, 0) is 16.0 Å². The first kappa shape index (κ1) is 16.8. The Morgan fingerprint density at radius 2 is 2.23 bits per heavy atom. The predicted molar refractivity (Wildman–Crippen MR) is 85.8 cm³/mol. The van der Waals surface area contributed by atoms with Gasteiger partial charge in [0, 0.05) is 19.5 Å². The van der Waals surface area contributed by atoms with Crippen molar-refractivity contribution in [2.75, 3.05) is 39.0 Å². The van der Waals surface area contributed by atoms with E-state index in [1.54, 1.807) is 4.90 Å². The van der Waals surface area contributed by atoms with Crippen LogP contribution in [0.4, 0.5) is 5.13 Å². The van der Waals surface area contributed by atoms with Crippen LogP contribution in [0.3, 0.4) is 0 Å². The van der Waals surface area contributed by atoms with E-state index >= 15 is 0 Å². The van der Waals surface area contributed by atoms with Gasteiger partial charge in [-0.15, -0.1) is 10.2 Å². The Kier molecular flexibility index (Phi) is 5.84. The molecule has 1 atom stereocenters. The quantitative estimate of drug-likeness (QED) is 0.804. The van der Waals surface area contributed by atoms with E-state index in [0.29, 0.717) is 18.2 Å². The number of carbonyl (C=O) groups is 2. The van der Waals surface area contributed by atoms with Crippen molar-refractivity contribution in [2.45, 2.75) is 26.2 Å². The molecular formula is C14H23N5O2S. The van der Waals surface area contributed by atoms with Crippen LogP contribution in [0.2, 0.25) is 0 Å². The highest BCUT2D eigenvalue weighted by Crippen LogP contribution is 2.21. The molecule has 22 heavy (non-hydrogen) atoms. The first-order chi connectivity index (χ1) is 10.5. The first-order valence-corrected chi connectivity index (χ1v) is 8.37. The molecule has 0 bridgehead atoms. The molecular weight excluding hydrogens is 302 g/mol. The van der Waals surface area contributed by atoms with Crippen molar-refractivity contribution >= 4 is 28.3 Å². The molecule has 0 saturated carbocycles. The molecule has 1 unspecified atom stereocenters. The molecule has 1 saturated heterocycles. The third-order valence-corrected chi connectivity index (χ3v) is 4.60. The summed E-state index contributed by atoms with van der Waals surface area (Å²) in [5, 5.41) is 12.1. The van der Waals surface area contributed by atoms with Crippen LogP contribution in [0, 0.1) is 5.92 Å². The number of carbonyl (C=O) groups excluding carboxylic acids is 2. The monoisotopic (exact) mass is 325 g/mol. The van der Waals surface area contributed by atoms with Crippen LogP contribution in [0.1, 0.15) is 24.8 Å². The molecule has 1 aliphatic rings. The van der Waals surface area contributed by atoms with E-state index in [-0.39, 0.29) is 24.2 Å². The third-order valence-electron chi connectivity index (χ3n) is 3.62. The van der Waals surface area contributed by atoms with Crippen LogP contribution in [0.15, 0.2) is 0 Å². The minimum atomic E-state index is -0.291. The van der Waals surface area contributed by atoms with E-state index in [4.69, 9.17) is 0 Å². The van der Waals surface area contributed by atoms with Crippen LogP contribution >= 0.6 is 11.3 Å². The predicted octanol–water partition coefficient (Wildman–Crippen LogP) is 0.839. The maximum atomic E-state index is 12.2. The highest BCUT2D eigenvalue weighted by molar-refractivity contribution is 7.15. The van der Waals surface area contributed by atoms with Crippen molar-refractivity contribution in [1.82, 2.24) is 20.0 Å². The molecule has 1 aromatic heterocycles. The number of aromatic nitrogens is 2. The summed E-state index contributed by atoms with van der Waals surface area (Å²) >= 11 is 1.38. The van der Waals surface area contributed by atoms with Gasteiger partial charge in [0.15, 0.2) is 0 Å². The summed E-state index contributed by atoms with van der Waals surface area (Å²) in [7, 11) is 4.02. The molecule has 1 aliphatic heterocycles. The molecule has 0 aliphatic carbocycles. The van der Waals surface area contributed by atoms with E-state index in [9.17, 15) is 9.59 Å². The van der Waals surface area contributed by atoms with E-state index in [2.05, 4.69) is 20.4 Å². The normalized spacial score (nSPS) is 18.3. The van der Waals surface area contributed by atoms with Crippen molar-refractivity contribution in [3.8, 4) is 0 Å². The van der Waals surface area contributed by atoms with Gasteiger partial charge in [0.05, 0.1) is 5.92 Å². The number of likely N-dealkylation sites (tertiary alicyclic amines) is 1. The number of rotatable bonds is 7. The van der Waals surface area contributed by atoms with Gasteiger partial charge in [-0.1, -0.05) is 18.3 Å². The van der Waals surface area contributed by atoms with Gasteiger partial charge in [-0.2, -0.15) is 0 Å². The zero-order chi connectivity index (χ0) is 16.1. The molecule has 1 fully saturated rings. The maximum Gasteiger partial charge on any atom is 0.231 e. The van der Waals surface area contributed by atoms with E-state index in [0.717, 1.165) is 24.4 Å². The van der Waals surface area contributed by atoms with E-state index in [1.807, 2.05) is 21.0 Å². The van der Waals surface area contributed by atoms with Crippen LogP contribution in [0.5, 0.6) is 0 Å². The van der Waals surface area contributed by atoms with Gasteiger partial charge in [-0.3, -0.25) is 9.59 Å². The Labute approximate surface area is 134 Å². The minimum absolute atomic E-state index is 0.0606. The summed E-state index contributed by atoms with van der Waals surface area (Å²) in [5.41, 5.74) is 0. The highest BCUT2D eigenvalue weighted by Gasteiger charge is 2.34. The SMILES string of the molecule is CCc1nnc(NC(=O)C2CC(=O)N(CCCN(C)C)C2)s1. The smallest absolute Gasteiger partial charge is 0.231 e. The zero-order valence-electron chi connectivity index (χ0n) is 13.3. The third kappa shape index (κ3) is 4.48. The topological polar surface area (TPSA) is 78.4 Å². The second kappa shape index (κ2) is 7.64. The van der Waals surface area contributed by atoms with Crippen molar-refractivity contribution in [3.63, 3.8) is 0 Å². The van der Waals surface area contributed by atoms with Gasteiger partial charge in [0.2, 0.25) is 16.9 Å². The zero-order valence-corrected chi connectivity index (χ0v) is 14.2. The highest BCUT2D eigenvalue weighted by atomic mass is 32.1. The van der Waals surface area contributed by atoms with Crippen molar-refractivity contribution in [2.24, 2.45) is 5.92 Å². The molecule has 8 heteroatoms. The number of aryl methyl sites for hydroxylation is 1.